The fourth-order valence-electron chi connectivity index (χ4n) is 4.08. The molecule has 0 N–H and O–H groups in total. The van der Waals surface area contributed by atoms with Gasteiger partial charge in [-0.2, -0.15) is 9.40 Å². The standard InChI is InChI=1S/C23H29N5O2S2/c1-3-27-22(20-12-9-13-21(16-20)32(29,30)26-14-7-8-15-26)24-28(23(27)31)18-25(2)17-19-10-5-4-6-11-19/h4-6,9-13,16H,3,7-8,14-15,17-18H2,1-2H3. The lowest BCUT2D eigenvalue weighted by molar-refractivity contribution is 0.244. The topological polar surface area (TPSA) is 63.4 Å². The van der Waals surface area contributed by atoms with Gasteiger partial charge in [-0.1, -0.05) is 42.5 Å². The fraction of sp³-hybridized carbons (Fsp3) is 0.391. The molecule has 0 spiro atoms. The molecule has 2 heterocycles. The lowest BCUT2D eigenvalue weighted by atomic mass is 10.2. The van der Waals surface area contributed by atoms with Crippen LogP contribution in [0.3, 0.4) is 0 Å². The maximum absolute atomic E-state index is 13.0. The summed E-state index contributed by atoms with van der Waals surface area (Å²) >= 11 is 5.70. The number of sulfonamides is 1. The maximum Gasteiger partial charge on any atom is 0.243 e. The highest BCUT2D eigenvalue weighted by molar-refractivity contribution is 7.89. The highest BCUT2D eigenvalue weighted by atomic mass is 32.2. The Morgan fingerprint density at radius 1 is 1.06 bits per heavy atom. The molecule has 0 radical (unpaired) electrons. The molecule has 1 saturated heterocycles. The molecule has 0 bridgehead atoms. The molecule has 9 heteroatoms. The molecule has 1 aliphatic rings. The van der Waals surface area contributed by atoms with Gasteiger partial charge in [-0.25, -0.2) is 13.1 Å². The summed E-state index contributed by atoms with van der Waals surface area (Å²) in [4.78, 5) is 2.46. The normalized spacial score (nSPS) is 15.0. The molecule has 7 nitrogen and oxygen atoms in total. The molecule has 0 aliphatic carbocycles. The zero-order valence-electron chi connectivity index (χ0n) is 18.5. The first-order chi connectivity index (χ1) is 15.4. The highest BCUT2D eigenvalue weighted by Crippen LogP contribution is 2.26. The molecular formula is C23H29N5O2S2. The van der Waals surface area contributed by atoms with Crippen LogP contribution in [0.15, 0.2) is 59.5 Å². The van der Waals surface area contributed by atoms with Crippen LogP contribution in [0.2, 0.25) is 0 Å². The van der Waals surface area contributed by atoms with Gasteiger partial charge in [0.25, 0.3) is 0 Å². The number of nitrogens with zero attached hydrogens (tertiary/aromatic N) is 5. The summed E-state index contributed by atoms with van der Waals surface area (Å²) in [5.41, 5.74) is 1.97. The van der Waals surface area contributed by atoms with E-state index in [2.05, 4.69) is 17.0 Å². The zero-order valence-corrected chi connectivity index (χ0v) is 20.1. The Morgan fingerprint density at radius 2 is 1.78 bits per heavy atom. The smallest absolute Gasteiger partial charge is 0.243 e. The fourth-order valence-corrected chi connectivity index (χ4v) is 5.96. The molecular weight excluding hydrogens is 442 g/mol. The van der Waals surface area contributed by atoms with Crippen molar-refractivity contribution in [3.63, 3.8) is 0 Å². The number of benzene rings is 2. The molecule has 1 aliphatic heterocycles. The second-order valence-corrected chi connectivity index (χ2v) is 10.4. The lowest BCUT2D eigenvalue weighted by Gasteiger charge is -2.16. The van der Waals surface area contributed by atoms with E-state index >= 15 is 0 Å². The third-order valence-electron chi connectivity index (χ3n) is 5.70. The molecule has 0 saturated carbocycles. The first kappa shape index (κ1) is 22.8. The predicted molar refractivity (Wildman–Crippen MR) is 128 cm³/mol. The van der Waals surface area contributed by atoms with Gasteiger partial charge in [-0.15, -0.1) is 0 Å². The summed E-state index contributed by atoms with van der Waals surface area (Å²) in [7, 11) is -1.46. The zero-order chi connectivity index (χ0) is 22.7. The summed E-state index contributed by atoms with van der Waals surface area (Å²) in [6, 6.07) is 17.3. The van der Waals surface area contributed by atoms with Crippen LogP contribution in [0, 0.1) is 4.77 Å². The Kier molecular flexibility index (Phi) is 6.90. The van der Waals surface area contributed by atoms with E-state index in [1.807, 2.05) is 42.8 Å². The third-order valence-corrected chi connectivity index (χ3v) is 8.03. The van der Waals surface area contributed by atoms with E-state index < -0.39 is 10.0 Å². The van der Waals surface area contributed by atoms with E-state index in [1.54, 1.807) is 27.2 Å². The third kappa shape index (κ3) is 4.71. The van der Waals surface area contributed by atoms with E-state index in [0.717, 1.165) is 24.9 Å². The molecule has 0 unspecified atom stereocenters. The number of hydrogen-bond acceptors (Lipinski definition) is 5. The second-order valence-electron chi connectivity index (χ2n) is 8.13. The van der Waals surface area contributed by atoms with E-state index in [0.29, 0.717) is 41.8 Å². The van der Waals surface area contributed by atoms with Crippen molar-refractivity contribution in [3.05, 3.63) is 64.9 Å². The minimum absolute atomic E-state index is 0.307. The van der Waals surface area contributed by atoms with Crippen molar-refractivity contribution in [2.75, 3.05) is 20.1 Å². The molecule has 1 aromatic heterocycles. The van der Waals surface area contributed by atoms with Gasteiger partial charge in [0.15, 0.2) is 10.6 Å². The molecule has 2 aromatic carbocycles. The van der Waals surface area contributed by atoms with Gasteiger partial charge in [0.05, 0.1) is 11.6 Å². The summed E-state index contributed by atoms with van der Waals surface area (Å²) in [5, 5.41) is 4.78. The van der Waals surface area contributed by atoms with E-state index in [1.165, 1.54) is 5.56 Å². The number of hydrogen-bond donors (Lipinski definition) is 0. The van der Waals surface area contributed by atoms with Crippen molar-refractivity contribution >= 4 is 22.2 Å². The van der Waals surface area contributed by atoms with Gasteiger partial charge >= 0.3 is 0 Å². The average Bonchev–Trinajstić information content (AvgIpc) is 3.44. The van der Waals surface area contributed by atoms with Crippen molar-refractivity contribution in [2.45, 2.75) is 44.4 Å². The van der Waals surface area contributed by atoms with Crippen LogP contribution >= 0.6 is 12.2 Å². The number of rotatable bonds is 8. The van der Waals surface area contributed by atoms with Crippen LogP contribution in [-0.2, 0) is 29.8 Å². The van der Waals surface area contributed by atoms with Crippen LogP contribution in [0.4, 0.5) is 0 Å². The molecule has 170 valence electrons. The summed E-state index contributed by atoms with van der Waals surface area (Å²) < 4.78 is 32.0. The molecule has 32 heavy (non-hydrogen) atoms. The minimum atomic E-state index is -3.49. The van der Waals surface area contributed by atoms with E-state index in [-0.39, 0.29) is 0 Å². The second kappa shape index (κ2) is 9.66. The maximum atomic E-state index is 13.0. The Hall–Kier alpha value is -2.33. The van der Waals surface area contributed by atoms with Crippen molar-refractivity contribution in [1.82, 2.24) is 23.6 Å². The van der Waals surface area contributed by atoms with Crippen LogP contribution in [0.25, 0.3) is 11.4 Å². The highest BCUT2D eigenvalue weighted by Gasteiger charge is 2.27. The molecule has 1 fully saturated rings. The van der Waals surface area contributed by atoms with E-state index in [9.17, 15) is 8.42 Å². The minimum Gasteiger partial charge on any atom is -0.300 e. The molecule has 3 aromatic rings. The monoisotopic (exact) mass is 471 g/mol. The van der Waals surface area contributed by atoms with Gasteiger partial charge in [-0.3, -0.25) is 4.90 Å². The van der Waals surface area contributed by atoms with Crippen molar-refractivity contribution < 1.29 is 8.42 Å². The van der Waals surface area contributed by atoms with Crippen molar-refractivity contribution in [2.24, 2.45) is 0 Å². The average molecular weight is 472 g/mol. The molecule has 4 rings (SSSR count). The van der Waals surface area contributed by atoms with E-state index in [4.69, 9.17) is 17.3 Å². The Bertz CT molecular complexity index is 1230. The van der Waals surface area contributed by atoms with Crippen molar-refractivity contribution in [3.8, 4) is 11.4 Å². The quantitative estimate of drug-likeness (QED) is 0.465. The Morgan fingerprint density at radius 3 is 2.47 bits per heavy atom. The first-order valence-corrected chi connectivity index (χ1v) is 12.8. The molecule has 0 atom stereocenters. The van der Waals surface area contributed by atoms with Crippen molar-refractivity contribution in [1.29, 1.82) is 0 Å². The van der Waals surface area contributed by atoms with Gasteiger partial charge in [0.1, 0.15) is 0 Å². The Labute approximate surface area is 195 Å². The van der Waals surface area contributed by atoms with Crippen LogP contribution in [-0.4, -0.2) is 52.1 Å². The van der Waals surface area contributed by atoms with Crippen LogP contribution in [0.1, 0.15) is 25.3 Å². The van der Waals surface area contributed by atoms with Crippen LogP contribution < -0.4 is 0 Å². The summed E-state index contributed by atoms with van der Waals surface area (Å²) in [5.74, 6) is 0.684. The van der Waals surface area contributed by atoms with Gasteiger partial charge in [-0.05, 0) is 56.7 Å². The van der Waals surface area contributed by atoms with Crippen LogP contribution in [0.5, 0.6) is 0 Å². The Balaban J connectivity index is 1.62. The number of aromatic nitrogens is 3. The lowest BCUT2D eigenvalue weighted by Crippen LogP contribution is -2.27. The first-order valence-electron chi connectivity index (χ1n) is 10.9. The van der Waals surface area contributed by atoms with Gasteiger partial charge in [0.2, 0.25) is 10.0 Å². The summed E-state index contributed by atoms with van der Waals surface area (Å²) in [6.07, 6.45) is 1.82. The van der Waals surface area contributed by atoms with Gasteiger partial charge < -0.3 is 4.57 Å². The molecule has 0 amide bonds. The van der Waals surface area contributed by atoms with Gasteiger partial charge in [0, 0.05) is 31.7 Å². The predicted octanol–water partition coefficient (Wildman–Crippen LogP) is 3.97. The SMILES string of the molecule is CCn1c(-c2cccc(S(=O)(=O)N3CCCC3)c2)nn(CN(C)Cc2ccccc2)c1=S. The summed E-state index contributed by atoms with van der Waals surface area (Å²) in [6.45, 7) is 5.16. The largest absolute Gasteiger partial charge is 0.300 e.